The third kappa shape index (κ3) is 4.69. The summed E-state index contributed by atoms with van der Waals surface area (Å²) in [5.41, 5.74) is 0.228. The van der Waals surface area contributed by atoms with Crippen molar-refractivity contribution in [3.8, 4) is 0 Å². The molecule has 0 aliphatic carbocycles. The Balaban J connectivity index is 1.94. The fraction of sp³-hybridized carbons (Fsp3) is 0.941. The van der Waals surface area contributed by atoms with E-state index in [1.54, 1.807) is 11.2 Å². The van der Waals surface area contributed by atoms with Gasteiger partial charge in [-0.2, -0.15) is 0 Å². The first kappa shape index (κ1) is 18.7. The van der Waals surface area contributed by atoms with Crippen molar-refractivity contribution in [3.05, 3.63) is 0 Å². The molecule has 2 fully saturated rings. The molecule has 0 N–H and O–H groups in total. The predicted octanol–water partition coefficient (Wildman–Crippen LogP) is 2.48. The summed E-state index contributed by atoms with van der Waals surface area (Å²) in [5.74, 6) is 0.398. The van der Waals surface area contributed by atoms with E-state index in [0.717, 1.165) is 25.8 Å². The first-order valence-corrected chi connectivity index (χ1v) is 10.5. The summed E-state index contributed by atoms with van der Waals surface area (Å²) in [6, 6.07) is 0.361. The highest BCUT2D eigenvalue weighted by Crippen LogP contribution is 2.32. The molecule has 0 spiro atoms. The summed E-state index contributed by atoms with van der Waals surface area (Å²) in [6.07, 6.45) is 4.57. The van der Waals surface area contributed by atoms with Crippen molar-refractivity contribution in [3.63, 3.8) is 0 Å². The lowest BCUT2D eigenvalue weighted by Gasteiger charge is -2.36. The zero-order chi connectivity index (χ0) is 17.3. The molecule has 23 heavy (non-hydrogen) atoms. The molecule has 2 heterocycles. The second-order valence-corrected chi connectivity index (χ2v) is 10.4. The van der Waals surface area contributed by atoms with Crippen LogP contribution in [0.3, 0.4) is 0 Å². The van der Waals surface area contributed by atoms with E-state index in [9.17, 15) is 13.2 Å². The van der Waals surface area contributed by atoms with Gasteiger partial charge in [-0.25, -0.2) is 12.7 Å². The largest absolute Gasteiger partial charge is 0.339 e. The van der Waals surface area contributed by atoms with Gasteiger partial charge in [0, 0.05) is 31.6 Å². The number of rotatable bonds is 4. The van der Waals surface area contributed by atoms with Crippen LogP contribution in [-0.2, 0) is 14.8 Å². The van der Waals surface area contributed by atoms with Crippen LogP contribution in [0.25, 0.3) is 0 Å². The van der Waals surface area contributed by atoms with Crippen LogP contribution in [0, 0.1) is 11.3 Å². The van der Waals surface area contributed by atoms with Crippen LogP contribution in [0.15, 0.2) is 0 Å². The minimum Gasteiger partial charge on any atom is -0.339 e. The van der Waals surface area contributed by atoms with Gasteiger partial charge in [0.2, 0.25) is 15.9 Å². The smallest absolute Gasteiger partial charge is 0.226 e. The molecular formula is C17H32N2O3S. The summed E-state index contributed by atoms with van der Waals surface area (Å²) in [6.45, 7) is 10.2. The molecule has 6 heteroatoms. The minimum absolute atomic E-state index is 0.00104. The number of carbonyl (C=O) groups excluding carboxylic acids is 1. The molecule has 0 radical (unpaired) electrons. The van der Waals surface area contributed by atoms with Gasteiger partial charge >= 0.3 is 0 Å². The van der Waals surface area contributed by atoms with Gasteiger partial charge < -0.3 is 4.90 Å². The lowest BCUT2D eigenvalue weighted by molar-refractivity contribution is -0.138. The monoisotopic (exact) mass is 344 g/mol. The average Bonchev–Trinajstić information content (AvgIpc) is 2.92. The topological polar surface area (TPSA) is 57.7 Å². The Hall–Kier alpha value is -0.620. The predicted molar refractivity (Wildman–Crippen MR) is 92.6 cm³/mol. The molecule has 1 unspecified atom stereocenters. The van der Waals surface area contributed by atoms with E-state index in [2.05, 4.69) is 25.7 Å². The molecular weight excluding hydrogens is 312 g/mol. The highest BCUT2D eigenvalue weighted by atomic mass is 32.2. The lowest BCUT2D eigenvalue weighted by Crippen LogP contribution is -2.46. The van der Waals surface area contributed by atoms with Crippen LogP contribution in [0.1, 0.15) is 59.8 Å². The third-order valence-corrected chi connectivity index (χ3v) is 6.95. The van der Waals surface area contributed by atoms with Gasteiger partial charge in [-0.3, -0.25) is 4.79 Å². The van der Waals surface area contributed by atoms with Crippen molar-refractivity contribution in [2.45, 2.75) is 65.8 Å². The molecule has 0 saturated carbocycles. The van der Waals surface area contributed by atoms with E-state index in [1.807, 2.05) is 0 Å². The molecule has 0 bridgehead atoms. The summed E-state index contributed by atoms with van der Waals surface area (Å²) in [7, 11) is -3.12. The molecule has 0 aromatic rings. The van der Waals surface area contributed by atoms with Gasteiger partial charge in [-0.1, -0.05) is 20.8 Å². The molecule has 2 rings (SSSR count). The van der Waals surface area contributed by atoms with Crippen LogP contribution in [0.4, 0.5) is 0 Å². The molecule has 5 nitrogen and oxygen atoms in total. The molecule has 0 aromatic carbocycles. The van der Waals surface area contributed by atoms with Crippen molar-refractivity contribution < 1.29 is 13.2 Å². The summed E-state index contributed by atoms with van der Waals surface area (Å²) in [5, 5.41) is 0. The number of carbonyl (C=O) groups is 1. The zero-order valence-corrected chi connectivity index (χ0v) is 15.9. The normalized spacial score (nSPS) is 25.0. The van der Waals surface area contributed by atoms with Crippen molar-refractivity contribution in [2.24, 2.45) is 11.3 Å². The fourth-order valence-corrected chi connectivity index (χ4v) is 4.98. The Kier molecular flexibility index (Phi) is 5.77. The second-order valence-electron chi connectivity index (χ2n) is 8.17. The van der Waals surface area contributed by atoms with Crippen molar-refractivity contribution in [1.82, 2.24) is 9.21 Å². The molecule has 134 valence electrons. The summed E-state index contributed by atoms with van der Waals surface area (Å²) in [4.78, 5) is 15.0. The van der Waals surface area contributed by atoms with E-state index in [1.165, 1.54) is 0 Å². The number of piperidine rings is 1. The van der Waals surface area contributed by atoms with Crippen molar-refractivity contribution in [2.75, 3.05) is 25.4 Å². The number of hydrogen-bond acceptors (Lipinski definition) is 3. The van der Waals surface area contributed by atoms with Gasteiger partial charge in [-0.15, -0.1) is 0 Å². The van der Waals surface area contributed by atoms with E-state index >= 15 is 0 Å². The second kappa shape index (κ2) is 7.09. The maximum absolute atomic E-state index is 12.9. The fourth-order valence-electron chi connectivity index (χ4n) is 3.84. The average molecular weight is 345 g/mol. The SMILES string of the molecule is CCS(=O)(=O)N1CCC(C(=O)N2CCCC2CC(C)(C)C)CC1. The minimum atomic E-state index is -3.12. The maximum Gasteiger partial charge on any atom is 0.226 e. The lowest BCUT2D eigenvalue weighted by atomic mass is 9.86. The molecule has 1 atom stereocenters. The Morgan fingerprint density at radius 3 is 2.22 bits per heavy atom. The molecule has 0 aromatic heterocycles. The Morgan fingerprint density at radius 1 is 1.09 bits per heavy atom. The summed E-state index contributed by atoms with van der Waals surface area (Å²) < 4.78 is 25.4. The molecule has 2 aliphatic rings. The number of sulfonamides is 1. The van der Waals surface area contributed by atoms with Gasteiger partial charge in [0.15, 0.2) is 0 Å². The number of amides is 1. The molecule has 1 amide bonds. The van der Waals surface area contributed by atoms with Crippen LogP contribution in [0.5, 0.6) is 0 Å². The highest BCUT2D eigenvalue weighted by Gasteiger charge is 2.37. The van der Waals surface area contributed by atoms with Crippen LogP contribution in [-0.4, -0.2) is 55.0 Å². The van der Waals surface area contributed by atoms with Crippen LogP contribution >= 0.6 is 0 Å². The van der Waals surface area contributed by atoms with Gasteiger partial charge in [0.25, 0.3) is 0 Å². The first-order valence-electron chi connectivity index (χ1n) is 8.92. The van der Waals surface area contributed by atoms with E-state index < -0.39 is 10.0 Å². The third-order valence-electron chi connectivity index (χ3n) is 5.07. The van der Waals surface area contributed by atoms with Gasteiger partial charge in [-0.05, 0) is 44.4 Å². The standard InChI is InChI=1S/C17H32N2O3S/c1-5-23(21,22)18-11-8-14(9-12-18)16(20)19-10-6-7-15(19)13-17(2,3)4/h14-15H,5-13H2,1-4H3. The number of hydrogen-bond donors (Lipinski definition) is 0. The number of nitrogens with zero attached hydrogens (tertiary/aromatic N) is 2. The van der Waals surface area contributed by atoms with Crippen molar-refractivity contribution >= 4 is 15.9 Å². The Bertz CT molecular complexity index is 516. The van der Waals surface area contributed by atoms with Gasteiger partial charge in [0.1, 0.15) is 0 Å². The summed E-state index contributed by atoms with van der Waals surface area (Å²) >= 11 is 0. The first-order chi connectivity index (χ1) is 10.6. The zero-order valence-electron chi connectivity index (χ0n) is 15.0. The highest BCUT2D eigenvalue weighted by molar-refractivity contribution is 7.89. The van der Waals surface area contributed by atoms with E-state index in [0.29, 0.717) is 32.0 Å². The van der Waals surface area contributed by atoms with E-state index in [4.69, 9.17) is 0 Å². The maximum atomic E-state index is 12.9. The Labute approximate surface area is 141 Å². The van der Waals surface area contributed by atoms with Crippen LogP contribution < -0.4 is 0 Å². The Morgan fingerprint density at radius 2 is 1.70 bits per heavy atom. The van der Waals surface area contributed by atoms with Crippen LogP contribution in [0.2, 0.25) is 0 Å². The molecule has 2 saturated heterocycles. The molecule has 2 aliphatic heterocycles. The van der Waals surface area contributed by atoms with E-state index in [-0.39, 0.29) is 23.0 Å². The number of likely N-dealkylation sites (tertiary alicyclic amines) is 1. The van der Waals surface area contributed by atoms with Crippen molar-refractivity contribution in [1.29, 1.82) is 0 Å². The van der Waals surface area contributed by atoms with Gasteiger partial charge in [0.05, 0.1) is 5.75 Å². The quantitative estimate of drug-likeness (QED) is 0.787.